The van der Waals surface area contributed by atoms with Crippen LogP contribution in [-0.2, 0) is 20.1 Å². The number of alkyl halides is 1. The Hall–Kier alpha value is -3.49. The lowest BCUT2D eigenvalue weighted by molar-refractivity contribution is 0.0704. The zero-order valence-electron chi connectivity index (χ0n) is 16.6. The van der Waals surface area contributed by atoms with E-state index in [4.69, 9.17) is 0 Å². The highest BCUT2D eigenvalue weighted by Gasteiger charge is 2.37. The van der Waals surface area contributed by atoms with Gasteiger partial charge in [-0.15, -0.1) is 5.10 Å². The standard InChI is InChI=1S/C21H23FN6O2/c1-26-9-5-8-19(26)21(30)28-12-16(22)10-17(28)13-27-14-18(24-25-27)20(29)23-11-15-6-3-2-4-7-15/h2-9,14,16-17H,10-13H2,1H3,(H,23,29)/t16-,17-/m0/s1. The Balaban J connectivity index is 1.40. The molecule has 4 rings (SSSR count). The SMILES string of the molecule is Cn1cccc1C(=O)N1C[C@@H](F)C[C@H]1Cn1cc(C(=O)NCc2ccccc2)nn1. The van der Waals surface area contributed by atoms with Crippen molar-refractivity contribution in [2.75, 3.05) is 6.54 Å². The van der Waals surface area contributed by atoms with Crippen LogP contribution in [0.15, 0.2) is 54.9 Å². The van der Waals surface area contributed by atoms with Crippen LogP contribution in [0.4, 0.5) is 4.39 Å². The second-order valence-corrected chi connectivity index (χ2v) is 7.44. The lowest BCUT2D eigenvalue weighted by atomic mass is 10.2. The molecule has 1 aromatic carbocycles. The van der Waals surface area contributed by atoms with Gasteiger partial charge in [-0.3, -0.25) is 9.59 Å². The summed E-state index contributed by atoms with van der Waals surface area (Å²) in [5.74, 6) is -0.551. The fourth-order valence-corrected chi connectivity index (χ4v) is 3.69. The Morgan fingerprint density at radius 2 is 2.00 bits per heavy atom. The summed E-state index contributed by atoms with van der Waals surface area (Å²) in [5, 5.41) is 10.7. The lowest BCUT2D eigenvalue weighted by Gasteiger charge is -2.24. The van der Waals surface area contributed by atoms with E-state index in [0.717, 1.165) is 5.56 Å². The van der Waals surface area contributed by atoms with Crippen LogP contribution in [0.1, 0.15) is 33.0 Å². The number of hydrogen-bond acceptors (Lipinski definition) is 4. The van der Waals surface area contributed by atoms with Gasteiger partial charge in [0, 0.05) is 26.2 Å². The molecule has 2 atom stereocenters. The van der Waals surface area contributed by atoms with Crippen LogP contribution in [0, 0.1) is 0 Å². The second kappa shape index (κ2) is 8.48. The van der Waals surface area contributed by atoms with Crippen molar-refractivity contribution in [3.05, 3.63) is 71.8 Å². The van der Waals surface area contributed by atoms with Gasteiger partial charge in [-0.25, -0.2) is 9.07 Å². The first-order valence-corrected chi connectivity index (χ1v) is 9.80. The molecular weight excluding hydrogens is 387 g/mol. The highest BCUT2D eigenvalue weighted by Crippen LogP contribution is 2.24. The number of halogens is 1. The Bertz CT molecular complexity index is 1030. The minimum atomic E-state index is -1.09. The maximum Gasteiger partial charge on any atom is 0.273 e. The average Bonchev–Trinajstić information content (AvgIpc) is 3.47. The average molecular weight is 410 g/mol. The predicted octanol–water partition coefficient (Wildman–Crippen LogP) is 1.80. The Kier molecular flexibility index (Phi) is 5.60. The van der Waals surface area contributed by atoms with Crippen molar-refractivity contribution >= 4 is 11.8 Å². The van der Waals surface area contributed by atoms with E-state index >= 15 is 0 Å². The summed E-state index contributed by atoms with van der Waals surface area (Å²) in [6.07, 6.45) is 2.45. The first kappa shape index (κ1) is 19.8. The molecule has 1 aliphatic heterocycles. The Morgan fingerprint density at radius 1 is 1.20 bits per heavy atom. The maximum atomic E-state index is 14.1. The molecule has 2 amide bonds. The molecule has 3 aromatic rings. The van der Waals surface area contributed by atoms with Gasteiger partial charge in [0.15, 0.2) is 5.69 Å². The van der Waals surface area contributed by atoms with Crippen LogP contribution in [0.5, 0.6) is 0 Å². The van der Waals surface area contributed by atoms with Gasteiger partial charge in [0.25, 0.3) is 11.8 Å². The highest BCUT2D eigenvalue weighted by molar-refractivity contribution is 5.93. The van der Waals surface area contributed by atoms with Crippen LogP contribution >= 0.6 is 0 Å². The van der Waals surface area contributed by atoms with E-state index in [-0.39, 0.29) is 43.1 Å². The van der Waals surface area contributed by atoms with E-state index in [2.05, 4.69) is 15.6 Å². The summed E-state index contributed by atoms with van der Waals surface area (Å²) < 4.78 is 17.3. The molecule has 9 heteroatoms. The summed E-state index contributed by atoms with van der Waals surface area (Å²) in [4.78, 5) is 26.7. The van der Waals surface area contributed by atoms with E-state index < -0.39 is 6.17 Å². The van der Waals surface area contributed by atoms with Crippen molar-refractivity contribution in [1.29, 1.82) is 0 Å². The van der Waals surface area contributed by atoms with Crippen LogP contribution < -0.4 is 5.32 Å². The van der Waals surface area contributed by atoms with Gasteiger partial charge in [-0.1, -0.05) is 35.5 Å². The number of likely N-dealkylation sites (tertiary alicyclic amines) is 1. The zero-order chi connectivity index (χ0) is 21.1. The highest BCUT2D eigenvalue weighted by atomic mass is 19.1. The van der Waals surface area contributed by atoms with Crippen LogP contribution in [0.2, 0.25) is 0 Å². The number of carbonyl (C=O) groups excluding carboxylic acids is 2. The van der Waals surface area contributed by atoms with Gasteiger partial charge in [-0.2, -0.15) is 0 Å². The van der Waals surface area contributed by atoms with Crippen molar-refractivity contribution < 1.29 is 14.0 Å². The van der Waals surface area contributed by atoms with Crippen LogP contribution in [0.25, 0.3) is 0 Å². The quantitative estimate of drug-likeness (QED) is 0.672. The molecule has 1 N–H and O–H groups in total. The number of rotatable bonds is 6. The minimum absolute atomic E-state index is 0.0494. The van der Waals surface area contributed by atoms with Gasteiger partial charge in [0.05, 0.1) is 25.3 Å². The maximum absolute atomic E-state index is 14.1. The van der Waals surface area contributed by atoms with E-state index in [1.165, 1.54) is 15.8 Å². The van der Waals surface area contributed by atoms with Gasteiger partial charge in [0.2, 0.25) is 0 Å². The van der Waals surface area contributed by atoms with Crippen LogP contribution in [-0.4, -0.2) is 55.0 Å². The number of hydrogen-bond donors (Lipinski definition) is 1. The molecule has 156 valence electrons. The van der Waals surface area contributed by atoms with Crippen molar-refractivity contribution in [1.82, 2.24) is 29.8 Å². The second-order valence-electron chi connectivity index (χ2n) is 7.44. The molecule has 8 nitrogen and oxygen atoms in total. The number of nitrogens with one attached hydrogen (secondary N) is 1. The fraction of sp³-hybridized carbons (Fsp3) is 0.333. The van der Waals surface area contributed by atoms with E-state index in [0.29, 0.717) is 12.2 Å². The van der Waals surface area contributed by atoms with Gasteiger partial charge in [0.1, 0.15) is 11.9 Å². The largest absolute Gasteiger partial charge is 0.347 e. The zero-order valence-corrected chi connectivity index (χ0v) is 16.6. The summed E-state index contributed by atoms with van der Waals surface area (Å²) in [6, 6.07) is 12.7. The topological polar surface area (TPSA) is 85.0 Å². The van der Waals surface area contributed by atoms with Crippen molar-refractivity contribution in [2.45, 2.75) is 31.7 Å². The number of amides is 2. The molecule has 0 saturated carbocycles. The first-order chi connectivity index (χ1) is 14.5. The predicted molar refractivity (Wildman–Crippen MR) is 107 cm³/mol. The third-order valence-corrected chi connectivity index (χ3v) is 5.25. The third-order valence-electron chi connectivity index (χ3n) is 5.25. The lowest BCUT2D eigenvalue weighted by Crippen LogP contribution is -2.39. The number of aryl methyl sites for hydroxylation is 1. The smallest absolute Gasteiger partial charge is 0.273 e. The number of benzene rings is 1. The number of nitrogens with zero attached hydrogens (tertiary/aromatic N) is 5. The van der Waals surface area contributed by atoms with E-state index in [1.807, 2.05) is 30.3 Å². The molecule has 2 aromatic heterocycles. The third kappa shape index (κ3) is 4.24. The summed E-state index contributed by atoms with van der Waals surface area (Å²) in [7, 11) is 1.78. The summed E-state index contributed by atoms with van der Waals surface area (Å²) in [6.45, 7) is 0.709. The first-order valence-electron chi connectivity index (χ1n) is 9.80. The normalized spacial score (nSPS) is 18.5. The molecule has 3 heterocycles. The molecule has 30 heavy (non-hydrogen) atoms. The number of aromatic nitrogens is 4. The Morgan fingerprint density at radius 3 is 2.73 bits per heavy atom. The van der Waals surface area contributed by atoms with E-state index in [1.54, 1.807) is 29.9 Å². The van der Waals surface area contributed by atoms with Crippen molar-refractivity contribution in [2.24, 2.45) is 7.05 Å². The van der Waals surface area contributed by atoms with Gasteiger partial charge >= 0.3 is 0 Å². The monoisotopic (exact) mass is 410 g/mol. The fourth-order valence-electron chi connectivity index (χ4n) is 3.69. The molecule has 0 aliphatic carbocycles. The van der Waals surface area contributed by atoms with E-state index in [9.17, 15) is 14.0 Å². The van der Waals surface area contributed by atoms with Gasteiger partial charge < -0.3 is 14.8 Å². The van der Waals surface area contributed by atoms with Crippen molar-refractivity contribution in [3.63, 3.8) is 0 Å². The molecule has 0 unspecified atom stereocenters. The summed E-state index contributed by atoms with van der Waals surface area (Å²) >= 11 is 0. The number of carbonyl (C=O) groups is 2. The van der Waals surface area contributed by atoms with Crippen LogP contribution in [0.3, 0.4) is 0 Å². The molecule has 0 radical (unpaired) electrons. The Labute approximate surface area is 173 Å². The molecule has 1 fully saturated rings. The molecule has 0 spiro atoms. The van der Waals surface area contributed by atoms with Gasteiger partial charge in [-0.05, 0) is 17.7 Å². The molecular formula is C21H23FN6O2. The van der Waals surface area contributed by atoms with Crippen molar-refractivity contribution in [3.8, 4) is 0 Å². The molecule has 1 aliphatic rings. The molecule has 1 saturated heterocycles. The minimum Gasteiger partial charge on any atom is -0.347 e. The molecule has 0 bridgehead atoms. The summed E-state index contributed by atoms with van der Waals surface area (Å²) in [5.41, 5.74) is 1.67.